The zero-order valence-electron chi connectivity index (χ0n) is 16.0. The lowest BCUT2D eigenvalue weighted by Gasteiger charge is -2.29. The Kier molecular flexibility index (Phi) is 5.80. The van der Waals surface area contributed by atoms with Gasteiger partial charge in [0, 0.05) is 30.8 Å². The molecule has 0 saturated carbocycles. The summed E-state index contributed by atoms with van der Waals surface area (Å²) in [6.07, 6.45) is 0.593. The number of carbonyl (C=O) groups excluding carboxylic acids is 1. The van der Waals surface area contributed by atoms with Gasteiger partial charge in [-0.25, -0.2) is 4.39 Å². The van der Waals surface area contributed by atoms with Crippen molar-refractivity contribution in [2.45, 2.75) is 13.0 Å². The van der Waals surface area contributed by atoms with Crippen molar-refractivity contribution in [2.24, 2.45) is 0 Å². The van der Waals surface area contributed by atoms with E-state index >= 15 is 0 Å². The molecule has 1 aliphatic heterocycles. The molecular formula is C22H15Cl2FN2O4. The minimum absolute atomic E-state index is 0.00858. The predicted molar refractivity (Wildman–Crippen MR) is 114 cm³/mol. The van der Waals surface area contributed by atoms with E-state index in [-0.39, 0.29) is 33.2 Å². The third kappa shape index (κ3) is 4.47. The standard InChI is InChI=1S/C22H15Cl2FN2O4/c23-19-10-16(27(29)30)11-20(24)21(19)31-17-4-5-18-14(9-17)6-7-26(22(18)28)12-13-2-1-3-15(25)8-13/h1-5,8-11H,6-7,12H2. The van der Waals surface area contributed by atoms with Crippen molar-refractivity contribution in [1.82, 2.24) is 4.90 Å². The number of hydrogen-bond donors (Lipinski definition) is 0. The minimum atomic E-state index is -0.596. The zero-order valence-corrected chi connectivity index (χ0v) is 17.5. The van der Waals surface area contributed by atoms with Crippen molar-refractivity contribution < 1.29 is 18.8 Å². The average Bonchev–Trinajstić information content (AvgIpc) is 2.72. The molecule has 3 aromatic rings. The van der Waals surface area contributed by atoms with E-state index in [1.807, 2.05) is 0 Å². The molecule has 0 aliphatic carbocycles. The van der Waals surface area contributed by atoms with Crippen LogP contribution in [0.5, 0.6) is 11.5 Å². The molecular weight excluding hydrogens is 446 g/mol. The second kappa shape index (κ2) is 8.53. The number of benzene rings is 3. The average molecular weight is 461 g/mol. The first kappa shape index (κ1) is 21.1. The third-order valence-electron chi connectivity index (χ3n) is 4.92. The van der Waals surface area contributed by atoms with Gasteiger partial charge in [-0.05, 0) is 47.9 Å². The van der Waals surface area contributed by atoms with E-state index in [2.05, 4.69) is 0 Å². The second-order valence-electron chi connectivity index (χ2n) is 7.02. The molecule has 1 heterocycles. The van der Waals surface area contributed by atoms with Crippen LogP contribution in [0.3, 0.4) is 0 Å². The molecule has 0 aromatic heterocycles. The Bertz CT molecular complexity index is 1180. The highest BCUT2D eigenvalue weighted by Crippen LogP contribution is 2.40. The summed E-state index contributed by atoms with van der Waals surface area (Å²) in [7, 11) is 0. The fraction of sp³-hybridized carbons (Fsp3) is 0.136. The Labute approximate surface area is 186 Å². The summed E-state index contributed by atoms with van der Waals surface area (Å²) in [5.41, 5.74) is 1.82. The van der Waals surface area contributed by atoms with Crippen LogP contribution in [0.2, 0.25) is 10.0 Å². The maximum Gasteiger partial charge on any atom is 0.272 e. The zero-order chi connectivity index (χ0) is 22.1. The van der Waals surface area contributed by atoms with Crippen LogP contribution < -0.4 is 4.74 Å². The van der Waals surface area contributed by atoms with Gasteiger partial charge in [0.1, 0.15) is 11.6 Å². The van der Waals surface area contributed by atoms with E-state index in [4.69, 9.17) is 27.9 Å². The van der Waals surface area contributed by atoms with E-state index < -0.39 is 4.92 Å². The number of amides is 1. The molecule has 0 atom stereocenters. The van der Waals surface area contributed by atoms with E-state index in [9.17, 15) is 19.3 Å². The Balaban J connectivity index is 1.54. The SMILES string of the molecule is O=C1c2ccc(Oc3c(Cl)cc([N+](=O)[O-])cc3Cl)cc2CCN1Cc1cccc(F)c1. The number of nitro benzene ring substituents is 1. The van der Waals surface area contributed by atoms with Gasteiger partial charge in [-0.15, -0.1) is 0 Å². The minimum Gasteiger partial charge on any atom is -0.454 e. The molecule has 0 spiro atoms. The maximum atomic E-state index is 13.4. The number of nitro groups is 1. The lowest BCUT2D eigenvalue weighted by Crippen LogP contribution is -2.37. The number of non-ortho nitro benzene ring substituents is 1. The van der Waals surface area contributed by atoms with Crippen molar-refractivity contribution in [2.75, 3.05) is 6.54 Å². The number of rotatable bonds is 5. The van der Waals surface area contributed by atoms with Crippen molar-refractivity contribution in [3.63, 3.8) is 0 Å². The molecule has 6 nitrogen and oxygen atoms in total. The molecule has 4 rings (SSSR count). The third-order valence-corrected chi connectivity index (χ3v) is 5.48. The Morgan fingerprint density at radius 1 is 1.10 bits per heavy atom. The number of halogens is 3. The number of ether oxygens (including phenoxy) is 1. The van der Waals surface area contributed by atoms with Crippen LogP contribution in [0.4, 0.5) is 10.1 Å². The molecule has 1 aliphatic rings. The van der Waals surface area contributed by atoms with Crippen molar-refractivity contribution >= 4 is 34.8 Å². The monoisotopic (exact) mass is 460 g/mol. The number of carbonyl (C=O) groups is 1. The Hall–Kier alpha value is -3.16. The van der Waals surface area contributed by atoms with E-state index in [1.54, 1.807) is 35.2 Å². The summed E-state index contributed by atoms with van der Waals surface area (Å²) in [5, 5.41) is 10.9. The predicted octanol–water partition coefficient (Wildman–Crippen LogP) is 6.03. The summed E-state index contributed by atoms with van der Waals surface area (Å²) < 4.78 is 19.2. The van der Waals surface area contributed by atoms with E-state index in [0.29, 0.717) is 30.8 Å². The Morgan fingerprint density at radius 3 is 2.52 bits per heavy atom. The number of fused-ring (bicyclic) bond motifs is 1. The highest BCUT2D eigenvalue weighted by Gasteiger charge is 2.25. The van der Waals surface area contributed by atoms with Gasteiger partial charge in [-0.2, -0.15) is 0 Å². The summed E-state index contributed by atoms with van der Waals surface area (Å²) in [6.45, 7) is 0.799. The first-order chi connectivity index (χ1) is 14.8. The van der Waals surface area contributed by atoms with Crippen molar-refractivity contribution in [3.8, 4) is 11.5 Å². The van der Waals surface area contributed by atoms with Crippen LogP contribution in [0.15, 0.2) is 54.6 Å². The van der Waals surface area contributed by atoms with Gasteiger partial charge in [0.25, 0.3) is 11.6 Å². The van der Waals surface area contributed by atoms with Gasteiger partial charge >= 0.3 is 0 Å². The molecule has 158 valence electrons. The molecule has 0 fully saturated rings. The summed E-state index contributed by atoms with van der Waals surface area (Å²) in [4.78, 5) is 24.9. The quantitative estimate of drug-likeness (QED) is 0.344. The van der Waals surface area contributed by atoms with Crippen LogP contribution in [0.1, 0.15) is 21.5 Å². The fourth-order valence-corrected chi connectivity index (χ4v) is 4.00. The van der Waals surface area contributed by atoms with E-state index in [0.717, 1.165) is 23.3 Å². The molecule has 3 aromatic carbocycles. The number of nitrogens with zero attached hydrogens (tertiary/aromatic N) is 2. The summed E-state index contributed by atoms with van der Waals surface area (Å²) in [6, 6.07) is 13.5. The highest BCUT2D eigenvalue weighted by molar-refractivity contribution is 6.37. The van der Waals surface area contributed by atoms with Crippen LogP contribution in [0.25, 0.3) is 0 Å². The molecule has 0 unspecified atom stereocenters. The topological polar surface area (TPSA) is 72.7 Å². The lowest BCUT2D eigenvalue weighted by atomic mass is 9.98. The van der Waals surface area contributed by atoms with Crippen molar-refractivity contribution in [1.29, 1.82) is 0 Å². The fourth-order valence-electron chi connectivity index (χ4n) is 3.45. The van der Waals surface area contributed by atoms with Gasteiger partial charge in [0.05, 0.1) is 15.0 Å². The molecule has 9 heteroatoms. The second-order valence-corrected chi connectivity index (χ2v) is 7.84. The van der Waals surface area contributed by atoms with Crippen LogP contribution in [-0.4, -0.2) is 22.3 Å². The highest BCUT2D eigenvalue weighted by atomic mass is 35.5. The maximum absolute atomic E-state index is 13.4. The lowest BCUT2D eigenvalue weighted by molar-refractivity contribution is -0.384. The van der Waals surface area contributed by atoms with Gasteiger partial charge in [-0.3, -0.25) is 14.9 Å². The molecule has 0 bridgehead atoms. The first-order valence-electron chi connectivity index (χ1n) is 9.30. The first-order valence-corrected chi connectivity index (χ1v) is 10.1. The normalized spacial score (nSPS) is 13.1. The van der Waals surface area contributed by atoms with Crippen LogP contribution >= 0.6 is 23.2 Å². The summed E-state index contributed by atoms with van der Waals surface area (Å²) in [5.74, 6) is 0.0164. The van der Waals surface area contributed by atoms with Crippen LogP contribution in [-0.2, 0) is 13.0 Å². The van der Waals surface area contributed by atoms with Gasteiger partial charge < -0.3 is 9.64 Å². The van der Waals surface area contributed by atoms with Gasteiger partial charge in [0.2, 0.25) is 0 Å². The largest absolute Gasteiger partial charge is 0.454 e. The van der Waals surface area contributed by atoms with Crippen LogP contribution in [0, 0.1) is 15.9 Å². The van der Waals surface area contributed by atoms with Crippen molar-refractivity contribution in [3.05, 3.63) is 97.3 Å². The number of hydrogen-bond acceptors (Lipinski definition) is 4. The van der Waals surface area contributed by atoms with Gasteiger partial charge in [0.15, 0.2) is 5.75 Å². The molecule has 0 radical (unpaired) electrons. The summed E-state index contributed by atoms with van der Waals surface area (Å²) >= 11 is 12.2. The van der Waals surface area contributed by atoms with Gasteiger partial charge in [-0.1, -0.05) is 35.3 Å². The molecule has 31 heavy (non-hydrogen) atoms. The Morgan fingerprint density at radius 2 is 1.84 bits per heavy atom. The molecule has 0 N–H and O–H groups in total. The molecule has 1 amide bonds. The molecule has 0 saturated heterocycles. The smallest absolute Gasteiger partial charge is 0.272 e. The van der Waals surface area contributed by atoms with E-state index in [1.165, 1.54) is 12.1 Å².